The zero-order valence-electron chi connectivity index (χ0n) is 8.93. The van der Waals surface area contributed by atoms with Gasteiger partial charge in [0.05, 0.1) is 10.9 Å². The topological polar surface area (TPSA) is 63.2 Å². The highest BCUT2D eigenvalue weighted by Crippen LogP contribution is 2.30. The van der Waals surface area contributed by atoms with Gasteiger partial charge in [-0.15, -0.1) is 0 Å². The molecule has 1 aliphatic carbocycles. The number of hydrogen-bond donors (Lipinski definition) is 1. The minimum atomic E-state index is -3.30. The molecule has 1 aliphatic rings. The minimum absolute atomic E-state index is 0.144. The third-order valence-corrected chi connectivity index (χ3v) is 4.38. The normalized spacial score (nSPS) is 15.8. The molecule has 0 aliphatic heterocycles. The van der Waals surface area contributed by atoms with Crippen LogP contribution >= 0.6 is 0 Å². The molecule has 0 atom stereocenters. The van der Waals surface area contributed by atoms with Crippen molar-refractivity contribution in [1.82, 2.24) is 0 Å². The molecule has 1 N–H and O–H groups in total. The molecule has 0 aromatic heterocycles. The Morgan fingerprint density at radius 1 is 1.31 bits per heavy atom. The number of nitrogens with one attached hydrogen (secondary N) is 1. The largest absolute Gasteiger partial charge is 0.294 e. The number of rotatable bonds is 4. The first-order valence-corrected chi connectivity index (χ1v) is 6.67. The number of carbonyl (C=O) groups excluding carboxylic acids is 1. The summed E-state index contributed by atoms with van der Waals surface area (Å²) in [4.78, 5) is 11.3. The van der Waals surface area contributed by atoms with Crippen LogP contribution in [0.1, 0.15) is 30.1 Å². The number of carbonyl (C=O) groups is 1. The number of ketones is 1. The van der Waals surface area contributed by atoms with Gasteiger partial charge in [-0.2, -0.15) is 0 Å². The monoisotopic (exact) mass is 239 g/mol. The predicted molar refractivity (Wildman–Crippen MR) is 62.0 cm³/mol. The second-order valence-electron chi connectivity index (χ2n) is 3.95. The van der Waals surface area contributed by atoms with Crippen molar-refractivity contribution in [3.63, 3.8) is 0 Å². The van der Waals surface area contributed by atoms with Crippen LogP contribution in [-0.4, -0.2) is 19.5 Å². The third kappa shape index (κ3) is 2.24. The Kier molecular flexibility index (Phi) is 2.71. The van der Waals surface area contributed by atoms with E-state index in [4.69, 9.17) is 0 Å². The Morgan fingerprint density at radius 2 is 1.94 bits per heavy atom. The van der Waals surface area contributed by atoms with Gasteiger partial charge in [-0.05, 0) is 31.9 Å². The Morgan fingerprint density at radius 3 is 2.50 bits per heavy atom. The summed E-state index contributed by atoms with van der Waals surface area (Å²) in [5.74, 6) is -0.144. The Balaban J connectivity index is 2.30. The minimum Gasteiger partial charge on any atom is -0.294 e. The molecular weight excluding hydrogens is 226 g/mol. The average molecular weight is 239 g/mol. The lowest BCUT2D eigenvalue weighted by atomic mass is 10.1. The highest BCUT2D eigenvalue weighted by atomic mass is 32.2. The van der Waals surface area contributed by atoms with Crippen molar-refractivity contribution in [2.45, 2.75) is 25.0 Å². The molecule has 2 rings (SSSR count). The molecule has 1 aromatic rings. The third-order valence-electron chi connectivity index (χ3n) is 2.52. The van der Waals surface area contributed by atoms with Crippen LogP contribution in [0.2, 0.25) is 0 Å². The fourth-order valence-electron chi connectivity index (χ4n) is 1.49. The zero-order chi connectivity index (χ0) is 11.8. The van der Waals surface area contributed by atoms with E-state index in [-0.39, 0.29) is 11.0 Å². The number of benzene rings is 1. The molecule has 0 saturated heterocycles. The molecule has 0 amide bonds. The van der Waals surface area contributed by atoms with E-state index >= 15 is 0 Å². The maximum absolute atomic E-state index is 11.7. The predicted octanol–water partition coefficient (Wildman–Crippen LogP) is 1.79. The van der Waals surface area contributed by atoms with Crippen molar-refractivity contribution in [2.24, 2.45) is 0 Å². The second-order valence-corrected chi connectivity index (χ2v) is 5.91. The number of Topliss-reactive ketones (excluding diaryl/α,β-unsaturated/α-hetero) is 1. The fourth-order valence-corrected chi connectivity index (χ4v) is 2.90. The van der Waals surface area contributed by atoms with Crippen LogP contribution in [0.4, 0.5) is 5.69 Å². The first-order valence-electron chi connectivity index (χ1n) is 5.12. The maximum Gasteiger partial charge on any atom is 0.235 e. The lowest BCUT2D eigenvalue weighted by molar-refractivity contribution is 0.101. The number of anilines is 1. The smallest absolute Gasteiger partial charge is 0.235 e. The van der Waals surface area contributed by atoms with Gasteiger partial charge in [0, 0.05) is 5.56 Å². The van der Waals surface area contributed by atoms with Crippen LogP contribution in [0.15, 0.2) is 24.3 Å². The van der Waals surface area contributed by atoms with Gasteiger partial charge in [0.15, 0.2) is 5.78 Å². The molecule has 0 unspecified atom stereocenters. The van der Waals surface area contributed by atoms with E-state index in [9.17, 15) is 13.2 Å². The van der Waals surface area contributed by atoms with Crippen LogP contribution < -0.4 is 4.72 Å². The summed E-state index contributed by atoms with van der Waals surface area (Å²) in [5, 5.41) is -0.285. The molecule has 0 radical (unpaired) electrons. The van der Waals surface area contributed by atoms with Crippen molar-refractivity contribution in [3.05, 3.63) is 29.8 Å². The molecule has 16 heavy (non-hydrogen) atoms. The van der Waals surface area contributed by atoms with Gasteiger partial charge in [-0.25, -0.2) is 8.42 Å². The van der Waals surface area contributed by atoms with Gasteiger partial charge in [-0.3, -0.25) is 9.52 Å². The summed E-state index contributed by atoms with van der Waals surface area (Å²) >= 11 is 0. The van der Waals surface area contributed by atoms with Crippen molar-refractivity contribution in [3.8, 4) is 0 Å². The van der Waals surface area contributed by atoms with Crippen molar-refractivity contribution < 1.29 is 13.2 Å². The van der Waals surface area contributed by atoms with Gasteiger partial charge >= 0.3 is 0 Å². The molecule has 1 saturated carbocycles. The standard InChI is InChI=1S/C11H13NO3S/c1-8(13)10-4-2-3-5-11(10)12-16(14,15)9-6-7-9/h2-5,9,12H,6-7H2,1H3. The van der Waals surface area contributed by atoms with Crippen LogP contribution in [0, 0.1) is 0 Å². The summed E-state index contributed by atoms with van der Waals surface area (Å²) in [6.07, 6.45) is 1.41. The van der Waals surface area contributed by atoms with Crippen LogP contribution in [0.3, 0.4) is 0 Å². The summed E-state index contributed by atoms with van der Waals surface area (Å²) in [7, 11) is -3.30. The molecule has 5 heteroatoms. The SMILES string of the molecule is CC(=O)c1ccccc1NS(=O)(=O)C1CC1. The van der Waals surface area contributed by atoms with Gasteiger partial charge in [0.2, 0.25) is 10.0 Å². The first kappa shape index (κ1) is 11.1. The molecule has 0 bridgehead atoms. The second kappa shape index (κ2) is 3.90. The molecule has 0 spiro atoms. The molecule has 1 aromatic carbocycles. The lowest BCUT2D eigenvalue weighted by Gasteiger charge is -2.09. The summed E-state index contributed by atoms with van der Waals surface area (Å²) in [6.45, 7) is 1.42. The number of sulfonamides is 1. The van der Waals surface area contributed by atoms with E-state index < -0.39 is 10.0 Å². The fraction of sp³-hybridized carbons (Fsp3) is 0.364. The van der Waals surface area contributed by atoms with E-state index in [0.717, 1.165) is 0 Å². The van der Waals surface area contributed by atoms with Crippen molar-refractivity contribution in [2.75, 3.05) is 4.72 Å². The maximum atomic E-state index is 11.7. The number of para-hydroxylation sites is 1. The van der Waals surface area contributed by atoms with Crippen LogP contribution in [0.5, 0.6) is 0 Å². The molecule has 1 fully saturated rings. The summed E-state index contributed by atoms with van der Waals surface area (Å²) in [6, 6.07) is 6.65. The van der Waals surface area contributed by atoms with Crippen molar-refractivity contribution in [1.29, 1.82) is 0 Å². The molecule has 4 nitrogen and oxygen atoms in total. The summed E-state index contributed by atoms with van der Waals surface area (Å²) in [5.41, 5.74) is 0.786. The lowest BCUT2D eigenvalue weighted by Crippen LogP contribution is -2.18. The highest BCUT2D eigenvalue weighted by Gasteiger charge is 2.36. The quantitative estimate of drug-likeness (QED) is 0.815. The number of hydrogen-bond acceptors (Lipinski definition) is 3. The summed E-state index contributed by atoms with van der Waals surface area (Å²) < 4.78 is 25.9. The average Bonchev–Trinajstić information content (AvgIpc) is 3.00. The molecule has 86 valence electrons. The van der Waals surface area contributed by atoms with Crippen molar-refractivity contribution >= 4 is 21.5 Å². The first-order chi connectivity index (χ1) is 7.50. The van der Waals surface area contributed by atoms with E-state index in [1.54, 1.807) is 24.3 Å². The van der Waals surface area contributed by atoms with Gasteiger partial charge in [-0.1, -0.05) is 12.1 Å². The Labute approximate surface area is 94.7 Å². The zero-order valence-corrected chi connectivity index (χ0v) is 9.75. The van der Waals surface area contributed by atoms with Crippen LogP contribution in [0.25, 0.3) is 0 Å². The van der Waals surface area contributed by atoms with E-state index in [2.05, 4.69) is 4.72 Å². The Hall–Kier alpha value is -1.36. The van der Waals surface area contributed by atoms with E-state index in [0.29, 0.717) is 24.1 Å². The molecular formula is C11H13NO3S. The van der Waals surface area contributed by atoms with Gasteiger partial charge in [0.25, 0.3) is 0 Å². The van der Waals surface area contributed by atoms with Crippen LogP contribution in [-0.2, 0) is 10.0 Å². The molecule has 0 heterocycles. The van der Waals surface area contributed by atoms with Gasteiger partial charge in [0.1, 0.15) is 0 Å². The van der Waals surface area contributed by atoms with E-state index in [1.807, 2.05) is 0 Å². The highest BCUT2D eigenvalue weighted by molar-refractivity contribution is 7.93. The van der Waals surface area contributed by atoms with E-state index in [1.165, 1.54) is 6.92 Å². The van der Waals surface area contributed by atoms with Gasteiger partial charge < -0.3 is 0 Å². The Bertz CT molecular complexity index is 518.